The van der Waals surface area contributed by atoms with Crippen LogP contribution >= 0.6 is 0 Å². The lowest BCUT2D eigenvalue weighted by Gasteiger charge is -2.14. The maximum atomic E-state index is 13.8. The Morgan fingerprint density at radius 3 is 2.40 bits per heavy atom. The average Bonchev–Trinajstić information content (AvgIpc) is 2.69. The van der Waals surface area contributed by atoms with Gasteiger partial charge in [-0.25, -0.2) is 4.39 Å². The first-order valence-electron chi connectivity index (χ1n) is 6.46. The quantitative estimate of drug-likeness (QED) is 0.836. The third-order valence-electron chi connectivity index (χ3n) is 3.76. The number of hydrogen-bond acceptors (Lipinski definition) is 2. The molecule has 102 valence electrons. The highest BCUT2D eigenvalue weighted by atomic mass is 19.1. The molecule has 3 nitrogen and oxygen atoms in total. The standard InChI is InChI=1S/C16H15FN2O/c1-16(2)14(18-19-15(16)20)9-10-7-8-13(17)12-6-4-3-5-11(10)12/h3-9,18H,1-2H3,(H,19,20)/b14-9-. The smallest absolute Gasteiger partial charge is 0.249 e. The van der Waals surface area contributed by atoms with Crippen molar-refractivity contribution in [2.45, 2.75) is 13.8 Å². The Hall–Kier alpha value is -2.36. The largest absolute Gasteiger partial charge is 0.302 e. The molecule has 1 amide bonds. The summed E-state index contributed by atoms with van der Waals surface area (Å²) in [7, 11) is 0. The molecule has 0 aliphatic carbocycles. The zero-order chi connectivity index (χ0) is 14.3. The Morgan fingerprint density at radius 1 is 1.05 bits per heavy atom. The fourth-order valence-electron chi connectivity index (χ4n) is 2.34. The van der Waals surface area contributed by atoms with Crippen LogP contribution < -0.4 is 10.9 Å². The molecule has 0 aromatic heterocycles. The normalized spacial score (nSPS) is 19.1. The summed E-state index contributed by atoms with van der Waals surface area (Å²) in [6.07, 6.45) is 1.89. The molecular formula is C16H15FN2O. The van der Waals surface area contributed by atoms with E-state index in [0.717, 1.165) is 16.6 Å². The third kappa shape index (κ3) is 1.84. The van der Waals surface area contributed by atoms with Crippen LogP contribution in [0.3, 0.4) is 0 Å². The summed E-state index contributed by atoms with van der Waals surface area (Å²) in [5.41, 5.74) is 6.55. The minimum atomic E-state index is -0.616. The van der Waals surface area contributed by atoms with Gasteiger partial charge in [0.1, 0.15) is 5.82 Å². The van der Waals surface area contributed by atoms with Gasteiger partial charge in [0.15, 0.2) is 0 Å². The van der Waals surface area contributed by atoms with E-state index in [0.29, 0.717) is 5.39 Å². The van der Waals surface area contributed by atoms with Crippen LogP contribution in [-0.2, 0) is 4.79 Å². The van der Waals surface area contributed by atoms with E-state index < -0.39 is 5.41 Å². The molecule has 0 saturated carbocycles. The SMILES string of the molecule is CC1(C)C(=O)NN/C1=C\c1ccc(F)c2ccccc12. The summed E-state index contributed by atoms with van der Waals surface area (Å²) in [5.74, 6) is -0.314. The van der Waals surface area contributed by atoms with Gasteiger partial charge >= 0.3 is 0 Å². The zero-order valence-corrected chi connectivity index (χ0v) is 11.3. The maximum absolute atomic E-state index is 13.8. The van der Waals surface area contributed by atoms with Crippen LogP contribution in [0.25, 0.3) is 16.8 Å². The average molecular weight is 270 g/mol. The number of nitrogens with one attached hydrogen (secondary N) is 2. The number of hydrazine groups is 1. The molecule has 20 heavy (non-hydrogen) atoms. The number of fused-ring (bicyclic) bond motifs is 1. The number of hydrogen-bond donors (Lipinski definition) is 2. The van der Waals surface area contributed by atoms with Gasteiger partial charge in [-0.1, -0.05) is 30.3 Å². The maximum Gasteiger partial charge on any atom is 0.249 e. The molecule has 0 unspecified atom stereocenters. The van der Waals surface area contributed by atoms with Crippen LogP contribution in [0.15, 0.2) is 42.1 Å². The van der Waals surface area contributed by atoms with Gasteiger partial charge in [-0.3, -0.25) is 10.2 Å². The van der Waals surface area contributed by atoms with E-state index >= 15 is 0 Å². The molecule has 1 fully saturated rings. The zero-order valence-electron chi connectivity index (χ0n) is 11.3. The summed E-state index contributed by atoms with van der Waals surface area (Å²) < 4.78 is 13.8. The molecule has 0 atom stereocenters. The fraction of sp³-hybridized carbons (Fsp3) is 0.188. The minimum Gasteiger partial charge on any atom is -0.302 e. The molecule has 0 bridgehead atoms. The van der Waals surface area contributed by atoms with Gasteiger partial charge in [-0.05, 0) is 36.9 Å². The van der Waals surface area contributed by atoms with Crippen molar-refractivity contribution in [2.75, 3.05) is 0 Å². The Kier molecular flexibility index (Phi) is 2.74. The van der Waals surface area contributed by atoms with E-state index in [1.807, 2.05) is 38.1 Å². The highest BCUT2D eigenvalue weighted by Crippen LogP contribution is 2.31. The number of carbonyl (C=O) groups is 1. The second kappa shape index (κ2) is 4.34. The van der Waals surface area contributed by atoms with Gasteiger partial charge in [0.25, 0.3) is 0 Å². The molecule has 3 rings (SSSR count). The van der Waals surface area contributed by atoms with E-state index in [1.165, 1.54) is 6.07 Å². The van der Waals surface area contributed by atoms with Gasteiger partial charge in [0.05, 0.1) is 5.41 Å². The van der Waals surface area contributed by atoms with Gasteiger partial charge in [0.2, 0.25) is 5.91 Å². The fourth-order valence-corrected chi connectivity index (χ4v) is 2.34. The Bertz CT molecular complexity index is 734. The molecule has 0 spiro atoms. The van der Waals surface area contributed by atoms with Crippen LogP contribution in [0.4, 0.5) is 4.39 Å². The lowest BCUT2D eigenvalue weighted by Crippen LogP contribution is -2.28. The van der Waals surface area contributed by atoms with Gasteiger partial charge in [-0.15, -0.1) is 0 Å². The molecule has 2 aromatic rings. The van der Waals surface area contributed by atoms with E-state index in [1.54, 1.807) is 12.1 Å². The Morgan fingerprint density at radius 2 is 1.75 bits per heavy atom. The van der Waals surface area contributed by atoms with Crippen molar-refractivity contribution in [2.24, 2.45) is 5.41 Å². The molecule has 0 radical (unpaired) electrons. The van der Waals surface area contributed by atoms with Gasteiger partial charge in [0, 0.05) is 11.1 Å². The molecule has 2 N–H and O–H groups in total. The van der Waals surface area contributed by atoms with Crippen LogP contribution in [-0.4, -0.2) is 5.91 Å². The van der Waals surface area contributed by atoms with E-state index in [4.69, 9.17) is 0 Å². The van der Waals surface area contributed by atoms with Crippen molar-refractivity contribution in [3.8, 4) is 0 Å². The summed E-state index contributed by atoms with van der Waals surface area (Å²) in [6, 6.07) is 10.5. The molecular weight excluding hydrogens is 255 g/mol. The number of benzene rings is 2. The molecule has 1 saturated heterocycles. The van der Waals surface area contributed by atoms with E-state index in [-0.39, 0.29) is 11.7 Å². The van der Waals surface area contributed by atoms with E-state index in [2.05, 4.69) is 10.9 Å². The summed E-state index contributed by atoms with van der Waals surface area (Å²) in [4.78, 5) is 11.7. The van der Waals surface area contributed by atoms with Crippen molar-refractivity contribution in [3.63, 3.8) is 0 Å². The molecule has 1 heterocycles. The van der Waals surface area contributed by atoms with Crippen LogP contribution in [0.1, 0.15) is 19.4 Å². The van der Waals surface area contributed by atoms with Crippen LogP contribution in [0, 0.1) is 11.2 Å². The van der Waals surface area contributed by atoms with Crippen LogP contribution in [0.5, 0.6) is 0 Å². The van der Waals surface area contributed by atoms with E-state index in [9.17, 15) is 9.18 Å². The number of halogens is 1. The van der Waals surface area contributed by atoms with Crippen molar-refractivity contribution in [1.29, 1.82) is 0 Å². The second-order valence-electron chi connectivity index (χ2n) is 5.44. The Balaban J connectivity index is 2.17. The van der Waals surface area contributed by atoms with Gasteiger partial charge in [-0.2, -0.15) is 0 Å². The summed E-state index contributed by atoms with van der Waals surface area (Å²) >= 11 is 0. The highest BCUT2D eigenvalue weighted by Gasteiger charge is 2.37. The third-order valence-corrected chi connectivity index (χ3v) is 3.76. The van der Waals surface area contributed by atoms with Crippen molar-refractivity contribution >= 4 is 22.8 Å². The minimum absolute atomic E-state index is 0.0739. The first kappa shape index (κ1) is 12.7. The second-order valence-corrected chi connectivity index (χ2v) is 5.44. The van der Waals surface area contributed by atoms with Crippen molar-refractivity contribution in [1.82, 2.24) is 10.9 Å². The van der Waals surface area contributed by atoms with Crippen molar-refractivity contribution in [3.05, 3.63) is 53.5 Å². The number of carbonyl (C=O) groups excluding carboxylic acids is 1. The predicted molar refractivity (Wildman–Crippen MR) is 76.9 cm³/mol. The molecule has 1 aliphatic heterocycles. The van der Waals surface area contributed by atoms with Gasteiger partial charge < -0.3 is 5.43 Å². The monoisotopic (exact) mass is 270 g/mol. The van der Waals surface area contributed by atoms with Crippen LogP contribution in [0.2, 0.25) is 0 Å². The first-order valence-corrected chi connectivity index (χ1v) is 6.46. The summed E-state index contributed by atoms with van der Waals surface area (Å²) in [6.45, 7) is 3.69. The Labute approximate surface area is 116 Å². The van der Waals surface area contributed by atoms with Crippen molar-refractivity contribution < 1.29 is 9.18 Å². The first-order chi connectivity index (χ1) is 9.50. The molecule has 1 aliphatic rings. The summed E-state index contributed by atoms with van der Waals surface area (Å²) in [5, 5.41) is 1.41. The molecule has 2 aromatic carbocycles. The lowest BCUT2D eigenvalue weighted by atomic mass is 9.88. The molecule has 4 heteroatoms. The topological polar surface area (TPSA) is 41.1 Å². The highest BCUT2D eigenvalue weighted by molar-refractivity contribution is 5.94. The number of rotatable bonds is 1. The predicted octanol–water partition coefficient (Wildman–Crippen LogP) is 2.98. The number of amides is 1. The lowest BCUT2D eigenvalue weighted by molar-refractivity contribution is -0.125.